The molecule has 0 fully saturated rings. The number of rotatable bonds is 15. The minimum atomic E-state index is -1.65. The van der Waals surface area contributed by atoms with Crippen molar-refractivity contribution >= 4 is 41.5 Å². The summed E-state index contributed by atoms with van der Waals surface area (Å²) in [7, 11) is 0. The monoisotopic (exact) mass is 474 g/mol. The summed E-state index contributed by atoms with van der Waals surface area (Å²) >= 11 is 0. The second-order valence-corrected chi connectivity index (χ2v) is 7.01. The number of guanidine groups is 1. The van der Waals surface area contributed by atoms with Crippen LogP contribution in [0.5, 0.6) is 0 Å². The molecule has 0 aliphatic heterocycles. The van der Waals surface area contributed by atoms with Crippen LogP contribution in [-0.2, 0) is 28.8 Å². The minimum Gasteiger partial charge on any atom is -0.481 e. The number of carboxylic acid groups (broad SMARTS) is 2. The summed E-state index contributed by atoms with van der Waals surface area (Å²) in [6.07, 6.45) is -1.27. The normalized spacial score (nSPS) is 14.0. The van der Waals surface area contributed by atoms with Crippen LogP contribution in [0.2, 0.25) is 0 Å². The molecule has 0 heterocycles. The summed E-state index contributed by atoms with van der Waals surface area (Å²) in [6.45, 7) is 1.29. The van der Waals surface area contributed by atoms with Gasteiger partial charge in [-0.05, 0) is 19.8 Å². The molecule has 33 heavy (non-hydrogen) atoms. The van der Waals surface area contributed by atoms with Crippen LogP contribution >= 0.6 is 0 Å². The van der Waals surface area contributed by atoms with Crippen molar-refractivity contribution in [3.63, 3.8) is 0 Å². The van der Waals surface area contributed by atoms with E-state index in [-0.39, 0.29) is 25.3 Å². The number of carbonyl (C=O) groups is 6. The molecule has 4 atom stereocenters. The Morgan fingerprint density at radius 1 is 0.848 bits per heavy atom. The van der Waals surface area contributed by atoms with Crippen molar-refractivity contribution < 1.29 is 39.0 Å². The number of aliphatic imine (C=N–C) groups is 1. The Kier molecular flexibility index (Phi) is 12.5. The van der Waals surface area contributed by atoms with Crippen LogP contribution in [-0.4, -0.2) is 82.5 Å². The van der Waals surface area contributed by atoms with Crippen molar-refractivity contribution in [2.45, 2.75) is 56.8 Å². The lowest BCUT2D eigenvalue weighted by atomic mass is 10.1. The van der Waals surface area contributed by atoms with Gasteiger partial charge in [0, 0.05) is 6.54 Å². The smallest absolute Gasteiger partial charge is 0.325 e. The van der Waals surface area contributed by atoms with Gasteiger partial charge in [0.25, 0.3) is 0 Å². The first-order valence-corrected chi connectivity index (χ1v) is 9.69. The first kappa shape index (κ1) is 29.0. The third-order valence-electron chi connectivity index (χ3n) is 4.08. The van der Waals surface area contributed by atoms with Gasteiger partial charge < -0.3 is 49.1 Å². The minimum absolute atomic E-state index is 0.0460. The summed E-state index contributed by atoms with van der Waals surface area (Å²) in [5.41, 5.74) is 20.9. The zero-order chi connectivity index (χ0) is 25.7. The molecule has 0 saturated carbocycles. The van der Waals surface area contributed by atoms with Crippen molar-refractivity contribution in [2.24, 2.45) is 27.9 Å². The van der Waals surface area contributed by atoms with Gasteiger partial charge in [-0.3, -0.25) is 33.8 Å². The van der Waals surface area contributed by atoms with Gasteiger partial charge in [0.1, 0.15) is 18.1 Å². The fourth-order valence-corrected chi connectivity index (χ4v) is 2.39. The number of nitrogens with two attached hydrogens (primary N) is 4. The zero-order valence-electron chi connectivity index (χ0n) is 17.9. The molecule has 0 aromatic heterocycles. The molecule has 0 radical (unpaired) electrons. The molecule has 0 aromatic carbocycles. The van der Waals surface area contributed by atoms with E-state index in [1.807, 2.05) is 0 Å². The van der Waals surface area contributed by atoms with E-state index in [9.17, 15) is 28.8 Å². The SMILES string of the molecule is CC(NC(=O)C(CCCN=C(N)N)NC(=O)C(CC(=O)O)NC(=O)C(N)CC(N)=O)C(=O)O. The molecular formula is C17H30N8O8. The first-order chi connectivity index (χ1) is 15.2. The number of hydrogen-bond acceptors (Lipinski definition) is 8. The highest BCUT2D eigenvalue weighted by Gasteiger charge is 2.30. The summed E-state index contributed by atoms with van der Waals surface area (Å²) in [4.78, 5) is 74.0. The van der Waals surface area contributed by atoms with E-state index in [4.69, 9.17) is 33.1 Å². The molecule has 4 unspecified atom stereocenters. The molecule has 0 aliphatic rings. The Balaban J connectivity index is 5.47. The lowest BCUT2D eigenvalue weighted by Gasteiger charge is -2.24. The molecule has 4 amide bonds. The van der Waals surface area contributed by atoms with Crippen molar-refractivity contribution in [1.82, 2.24) is 16.0 Å². The predicted octanol–water partition coefficient (Wildman–Crippen LogP) is -4.72. The molecular weight excluding hydrogens is 444 g/mol. The van der Waals surface area contributed by atoms with Crippen LogP contribution in [0.15, 0.2) is 4.99 Å². The Hall–Kier alpha value is -3.95. The van der Waals surface area contributed by atoms with Gasteiger partial charge in [-0.25, -0.2) is 0 Å². The van der Waals surface area contributed by atoms with Crippen LogP contribution in [0.25, 0.3) is 0 Å². The summed E-state index contributed by atoms with van der Waals surface area (Å²) in [5.74, 6) is -6.79. The van der Waals surface area contributed by atoms with Crippen LogP contribution in [0.4, 0.5) is 0 Å². The molecule has 0 saturated heterocycles. The van der Waals surface area contributed by atoms with Gasteiger partial charge in [0.2, 0.25) is 23.6 Å². The quantitative estimate of drug-likeness (QED) is 0.0616. The number of nitrogens with one attached hydrogen (secondary N) is 3. The van der Waals surface area contributed by atoms with Crippen LogP contribution in [0.1, 0.15) is 32.6 Å². The Morgan fingerprint density at radius 2 is 1.39 bits per heavy atom. The van der Waals surface area contributed by atoms with Crippen LogP contribution < -0.4 is 38.9 Å². The number of carboxylic acids is 2. The summed E-state index contributed by atoms with van der Waals surface area (Å²) < 4.78 is 0. The maximum Gasteiger partial charge on any atom is 0.325 e. The van der Waals surface area contributed by atoms with Crippen LogP contribution in [0, 0.1) is 0 Å². The standard InChI is InChI=1S/C17H30N8O8/c1-7(16(32)33)23-14(30)9(3-2-4-22-17(20)21)24-15(31)10(6-12(27)28)25-13(29)8(18)5-11(19)26/h7-10H,2-6,18H2,1H3,(H2,19,26)(H,23,30)(H,24,31)(H,25,29)(H,27,28)(H,32,33)(H4,20,21,22). The maximum atomic E-state index is 12.6. The highest BCUT2D eigenvalue weighted by molar-refractivity contribution is 5.96. The molecule has 0 aliphatic carbocycles. The van der Waals surface area contributed by atoms with Gasteiger partial charge in [-0.2, -0.15) is 0 Å². The topological polar surface area (TPSA) is 295 Å². The number of primary amides is 1. The number of amides is 4. The first-order valence-electron chi connectivity index (χ1n) is 9.69. The van der Waals surface area contributed by atoms with E-state index in [1.54, 1.807) is 0 Å². The number of hydrogen-bond donors (Lipinski definition) is 9. The van der Waals surface area contributed by atoms with Crippen molar-refractivity contribution in [2.75, 3.05) is 6.54 Å². The third-order valence-corrected chi connectivity index (χ3v) is 4.08. The molecule has 0 bridgehead atoms. The number of carbonyl (C=O) groups excluding carboxylic acids is 4. The predicted molar refractivity (Wildman–Crippen MR) is 113 cm³/mol. The van der Waals surface area contributed by atoms with E-state index in [0.717, 1.165) is 0 Å². The second kappa shape index (κ2) is 14.2. The molecule has 0 rings (SSSR count). The average molecular weight is 474 g/mol. The lowest BCUT2D eigenvalue weighted by molar-refractivity contribution is -0.143. The molecule has 0 spiro atoms. The van der Waals surface area contributed by atoms with Crippen molar-refractivity contribution in [3.8, 4) is 0 Å². The highest BCUT2D eigenvalue weighted by atomic mass is 16.4. The van der Waals surface area contributed by atoms with E-state index in [2.05, 4.69) is 20.9 Å². The maximum absolute atomic E-state index is 12.6. The van der Waals surface area contributed by atoms with E-state index in [0.29, 0.717) is 0 Å². The van der Waals surface area contributed by atoms with Crippen LogP contribution in [0.3, 0.4) is 0 Å². The van der Waals surface area contributed by atoms with E-state index < -0.39 is 72.6 Å². The highest BCUT2D eigenvalue weighted by Crippen LogP contribution is 2.03. The molecule has 16 nitrogen and oxygen atoms in total. The average Bonchev–Trinajstić information content (AvgIpc) is 2.68. The molecule has 0 aromatic rings. The number of nitrogens with zero attached hydrogens (tertiary/aromatic N) is 1. The second-order valence-electron chi connectivity index (χ2n) is 7.01. The van der Waals surface area contributed by atoms with E-state index >= 15 is 0 Å². The Labute approximate surface area is 188 Å². The zero-order valence-corrected chi connectivity index (χ0v) is 17.9. The fraction of sp³-hybridized carbons (Fsp3) is 0.588. The van der Waals surface area contributed by atoms with Gasteiger partial charge >= 0.3 is 11.9 Å². The lowest BCUT2D eigenvalue weighted by Crippen LogP contribution is -2.57. The Bertz CT molecular complexity index is 783. The molecule has 186 valence electrons. The fourth-order valence-electron chi connectivity index (χ4n) is 2.39. The van der Waals surface area contributed by atoms with Gasteiger partial charge in [-0.15, -0.1) is 0 Å². The van der Waals surface area contributed by atoms with Crippen molar-refractivity contribution in [1.29, 1.82) is 0 Å². The largest absolute Gasteiger partial charge is 0.481 e. The molecule has 13 N–H and O–H groups in total. The van der Waals surface area contributed by atoms with Crippen molar-refractivity contribution in [3.05, 3.63) is 0 Å². The third kappa shape index (κ3) is 12.5. The summed E-state index contributed by atoms with van der Waals surface area (Å²) in [6, 6.07) is -5.67. The number of aliphatic carboxylic acids is 2. The van der Waals surface area contributed by atoms with Gasteiger partial charge in [0.15, 0.2) is 5.96 Å². The van der Waals surface area contributed by atoms with Gasteiger partial charge in [0.05, 0.1) is 18.9 Å². The summed E-state index contributed by atoms with van der Waals surface area (Å²) in [5, 5.41) is 24.6. The van der Waals surface area contributed by atoms with E-state index in [1.165, 1.54) is 6.92 Å². The Morgan fingerprint density at radius 3 is 1.88 bits per heavy atom. The van der Waals surface area contributed by atoms with Gasteiger partial charge in [-0.1, -0.05) is 0 Å². The molecule has 16 heteroatoms.